The first-order valence-electron chi connectivity index (χ1n) is 8.99. The number of carbonyl (C=O) groups is 2. The van der Waals surface area contributed by atoms with Gasteiger partial charge in [0.2, 0.25) is 0 Å². The van der Waals surface area contributed by atoms with Crippen LogP contribution in [0, 0.1) is 0 Å². The van der Waals surface area contributed by atoms with Crippen molar-refractivity contribution >= 4 is 68.3 Å². The van der Waals surface area contributed by atoms with Crippen LogP contribution >= 0.6 is 34.5 Å². The molecule has 3 rings (SSSR count). The second kappa shape index (κ2) is 10.7. The summed E-state index contributed by atoms with van der Waals surface area (Å²) in [5.74, 6) is -1.72. The normalized spacial score (nSPS) is 11.3. The van der Waals surface area contributed by atoms with Gasteiger partial charge < -0.3 is 9.84 Å². The number of sulfonamides is 1. The van der Waals surface area contributed by atoms with Crippen LogP contribution in [0.25, 0.3) is 0 Å². The van der Waals surface area contributed by atoms with Gasteiger partial charge in [0, 0.05) is 15.6 Å². The van der Waals surface area contributed by atoms with Gasteiger partial charge >= 0.3 is 5.97 Å². The third-order valence-corrected chi connectivity index (χ3v) is 7.16. The number of amides is 1. The van der Waals surface area contributed by atoms with E-state index in [1.54, 1.807) is 11.4 Å². The van der Waals surface area contributed by atoms with Gasteiger partial charge in [0.05, 0.1) is 17.5 Å². The Labute approximate surface area is 202 Å². The minimum atomic E-state index is -3.90. The molecule has 0 atom stereocenters. The highest BCUT2D eigenvalue weighted by molar-refractivity contribution is 7.94. The largest absolute Gasteiger partial charge is 0.481 e. The smallest absolute Gasteiger partial charge is 0.341 e. The van der Waals surface area contributed by atoms with Crippen molar-refractivity contribution in [1.29, 1.82) is 0 Å². The van der Waals surface area contributed by atoms with Crippen molar-refractivity contribution in [3.05, 3.63) is 75.1 Å². The first-order chi connectivity index (χ1) is 15.7. The molecule has 3 N–H and O–H groups in total. The number of hydrazone groups is 1. The molecule has 33 heavy (non-hydrogen) atoms. The number of ether oxygens (including phenoxy) is 1. The van der Waals surface area contributed by atoms with Crippen molar-refractivity contribution < 1.29 is 27.9 Å². The lowest BCUT2D eigenvalue weighted by Crippen LogP contribution is -2.21. The van der Waals surface area contributed by atoms with Crippen LogP contribution in [0.2, 0.25) is 10.0 Å². The average molecular weight is 528 g/mol. The molecule has 0 aliphatic carbocycles. The molecule has 0 bridgehead atoms. The third-order valence-electron chi connectivity index (χ3n) is 3.92. The fraction of sp³-hybridized carbons (Fsp3) is 0.0500. The molecule has 0 radical (unpaired) electrons. The summed E-state index contributed by atoms with van der Waals surface area (Å²) in [7, 11) is -3.90. The SMILES string of the molecule is O=C(O)COc1ccc(Cl)cc1/C=N\NC(=O)c1cc(Cl)ccc1NS(=O)(=O)c1cccs1. The second-order valence-corrected chi connectivity index (χ2v) is 10.0. The Morgan fingerprint density at radius 3 is 2.55 bits per heavy atom. The van der Waals surface area contributed by atoms with Crippen molar-refractivity contribution in [2.24, 2.45) is 5.10 Å². The molecule has 0 aliphatic rings. The number of hydrogen-bond donors (Lipinski definition) is 3. The highest BCUT2D eigenvalue weighted by atomic mass is 35.5. The average Bonchev–Trinajstić information content (AvgIpc) is 3.30. The van der Waals surface area contributed by atoms with Crippen molar-refractivity contribution in [3.8, 4) is 5.75 Å². The van der Waals surface area contributed by atoms with Crippen LogP contribution in [0.1, 0.15) is 15.9 Å². The molecule has 0 saturated heterocycles. The minimum Gasteiger partial charge on any atom is -0.481 e. The molecule has 13 heteroatoms. The van der Waals surface area contributed by atoms with Crippen LogP contribution in [0.4, 0.5) is 5.69 Å². The molecule has 0 saturated carbocycles. The quantitative estimate of drug-likeness (QED) is 0.283. The predicted molar refractivity (Wildman–Crippen MR) is 126 cm³/mol. The number of carbonyl (C=O) groups excluding carboxylic acids is 1. The summed E-state index contributed by atoms with van der Waals surface area (Å²) in [5, 5.41) is 14.8. The molecule has 2 aromatic carbocycles. The summed E-state index contributed by atoms with van der Waals surface area (Å²) >= 11 is 13.0. The van der Waals surface area contributed by atoms with Gasteiger partial charge in [-0.3, -0.25) is 9.52 Å². The van der Waals surface area contributed by atoms with Gasteiger partial charge in [0.25, 0.3) is 15.9 Å². The molecule has 0 spiro atoms. The number of carboxylic acid groups (broad SMARTS) is 1. The summed E-state index contributed by atoms with van der Waals surface area (Å²) in [5.41, 5.74) is 2.53. The van der Waals surface area contributed by atoms with Gasteiger partial charge in [0.1, 0.15) is 9.96 Å². The highest BCUT2D eigenvalue weighted by Crippen LogP contribution is 2.26. The highest BCUT2D eigenvalue weighted by Gasteiger charge is 2.20. The Hall–Kier alpha value is -3.12. The van der Waals surface area contributed by atoms with Gasteiger partial charge in [0.15, 0.2) is 6.61 Å². The topological polar surface area (TPSA) is 134 Å². The lowest BCUT2D eigenvalue weighted by Gasteiger charge is -2.11. The molecule has 3 aromatic rings. The molecule has 0 unspecified atom stereocenters. The number of anilines is 1. The van der Waals surface area contributed by atoms with E-state index in [-0.39, 0.29) is 26.2 Å². The molecule has 0 aliphatic heterocycles. The fourth-order valence-corrected chi connectivity index (χ4v) is 4.94. The summed E-state index contributed by atoms with van der Waals surface area (Å²) in [6, 6.07) is 11.5. The van der Waals surface area contributed by atoms with Crippen molar-refractivity contribution in [2.75, 3.05) is 11.3 Å². The van der Waals surface area contributed by atoms with E-state index in [9.17, 15) is 18.0 Å². The zero-order valence-corrected chi connectivity index (χ0v) is 19.6. The summed E-state index contributed by atoms with van der Waals surface area (Å²) in [4.78, 5) is 23.4. The van der Waals surface area contributed by atoms with E-state index in [0.29, 0.717) is 10.6 Å². The maximum atomic E-state index is 12.7. The Balaban J connectivity index is 1.80. The molecule has 1 aromatic heterocycles. The molecule has 9 nitrogen and oxygen atoms in total. The first kappa shape index (κ1) is 24.5. The standard InChI is InChI=1S/C20H15Cl2N3O6S2/c21-13-4-6-17(31-11-18(26)27)12(8-13)10-23-24-20(28)15-9-14(22)3-5-16(15)25-33(29,30)19-2-1-7-32-19/h1-10,25H,11H2,(H,24,28)(H,26,27)/b23-10-. The van der Waals surface area contributed by atoms with Gasteiger partial charge in [-0.2, -0.15) is 5.10 Å². The third kappa shape index (κ3) is 6.68. The Morgan fingerprint density at radius 2 is 1.85 bits per heavy atom. The van der Waals surface area contributed by atoms with E-state index < -0.39 is 28.5 Å². The Morgan fingerprint density at radius 1 is 1.12 bits per heavy atom. The van der Waals surface area contributed by atoms with Crippen molar-refractivity contribution in [2.45, 2.75) is 4.21 Å². The number of aliphatic carboxylic acids is 1. The summed E-state index contributed by atoms with van der Waals surface area (Å²) in [6.45, 7) is -0.578. The number of nitrogens with zero attached hydrogens (tertiary/aromatic N) is 1. The summed E-state index contributed by atoms with van der Waals surface area (Å²) < 4.78 is 32.7. The van der Waals surface area contributed by atoms with E-state index in [1.807, 2.05) is 0 Å². The van der Waals surface area contributed by atoms with Crippen LogP contribution < -0.4 is 14.9 Å². The van der Waals surface area contributed by atoms with Gasteiger partial charge in [-0.05, 0) is 47.8 Å². The molecule has 0 fully saturated rings. The number of halogens is 2. The van der Waals surface area contributed by atoms with Gasteiger partial charge in [-0.25, -0.2) is 18.6 Å². The molecular formula is C20H15Cl2N3O6S2. The van der Waals surface area contributed by atoms with E-state index in [0.717, 1.165) is 11.3 Å². The molecular weight excluding hydrogens is 513 g/mol. The minimum absolute atomic E-state index is 0.00809. The van der Waals surface area contributed by atoms with E-state index >= 15 is 0 Å². The van der Waals surface area contributed by atoms with E-state index in [2.05, 4.69) is 15.2 Å². The van der Waals surface area contributed by atoms with Crippen LogP contribution in [0.3, 0.4) is 0 Å². The van der Waals surface area contributed by atoms with Crippen LogP contribution in [0.5, 0.6) is 5.75 Å². The van der Waals surface area contributed by atoms with Crippen LogP contribution in [0.15, 0.2) is 63.2 Å². The Bertz CT molecular complexity index is 1310. The summed E-state index contributed by atoms with van der Waals surface area (Å²) in [6.07, 6.45) is 1.21. The maximum absolute atomic E-state index is 12.7. The van der Waals surface area contributed by atoms with E-state index in [4.69, 9.17) is 33.0 Å². The van der Waals surface area contributed by atoms with Crippen LogP contribution in [-0.4, -0.2) is 38.2 Å². The second-order valence-electron chi connectivity index (χ2n) is 6.29. The number of benzene rings is 2. The lowest BCUT2D eigenvalue weighted by atomic mass is 10.2. The molecule has 1 amide bonds. The fourth-order valence-electron chi connectivity index (χ4n) is 2.52. The Kier molecular flexibility index (Phi) is 7.92. The van der Waals surface area contributed by atoms with Crippen LogP contribution in [-0.2, 0) is 14.8 Å². The predicted octanol–water partition coefficient (Wildman–Crippen LogP) is 4.08. The molecule has 172 valence electrons. The number of nitrogens with one attached hydrogen (secondary N) is 2. The monoisotopic (exact) mass is 527 g/mol. The number of rotatable bonds is 9. The number of hydrogen-bond acceptors (Lipinski definition) is 7. The number of carboxylic acids is 1. The zero-order valence-electron chi connectivity index (χ0n) is 16.5. The van der Waals surface area contributed by atoms with Crippen molar-refractivity contribution in [3.63, 3.8) is 0 Å². The molecule has 1 heterocycles. The number of thiophene rings is 1. The van der Waals surface area contributed by atoms with Gasteiger partial charge in [-0.15, -0.1) is 11.3 Å². The van der Waals surface area contributed by atoms with Gasteiger partial charge in [-0.1, -0.05) is 29.3 Å². The van der Waals surface area contributed by atoms with E-state index in [1.165, 1.54) is 48.7 Å². The zero-order chi connectivity index (χ0) is 24.0. The maximum Gasteiger partial charge on any atom is 0.341 e. The lowest BCUT2D eigenvalue weighted by molar-refractivity contribution is -0.139. The van der Waals surface area contributed by atoms with Crippen molar-refractivity contribution in [1.82, 2.24) is 5.43 Å². The first-order valence-corrected chi connectivity index (χ1v) is 12.1.